The molecule has 2 unspecified atom stereocenters. The van der Waals surface area contributed by atoms with Gasteiger partial charge in [-0.05, 0) is 23.6 Å². The summed E-state index contributed by atoms with van der Waals surface area (Å²) in [5.41, 5.74) is 8.96. The SMILES string of the molecule is CC(N)c1ccc(C(O)Cc2ccccc2)cc1. The zero-order valence-electron chi connectivity index (χ0n) is 10.6. The van der Waals surface area contributed by atoms with Crippen LogP contribution < -0.4 is 5.73 Å². The van der Waals surface area contributed by atoms with Crippen molar-refractivity contribution < 1.29 is 5.11 Å². The highest BCUT2D eigenvalue weighted by atomic mass is 16.3. The van der Waals surface area contributed by atoms with Crippen molar-refractivity contribution in [2.24, 2.45) is 5.73 Å². The van der Waals surface area contributed by atoms with Crippen LogP contribution in [0, 0.1) is 0 Å². The van der Waals surface area contributed by atoms with E-state index in [-0.39, 0.29) is 6.04 Å². The molecule has 0 spiro atoms. The van der Waals surface area contributed by atoms with Crippen LogP contribution in [0.25, 0.3) is 0 Å². The van der Waals surface area contributed by atoms with Crippen LogP contribution in [0.1, 0.15) is 35.8 Å². The standard InChI is InChI=1S/C16H19NO/c1-12(17)14-7-9-15(10-8-14)16(18)11-13-5-3-2-4-6-13/h2-10,12,16,18H,11,17H2,1H3. The fraction of sp³-hybridized carbons (Fsp3) is 0.250. The molecule has 94 valence electrons. The van der Waals surface area contributed by atoms with Gasteiger partial charge in [0.25, 0.3) is 0 Å². The molecule has 2 aromatic rings. The molecule has 2 atom stereocenters. The zero-order valence-corrected chi connectivity index (χ0v) is 10.6. The highest BCUT2D eigenvalue weighted by Crippen LogP contribution is 2.20. The second-order valence-electron chi connectivity index (χ2n) is 4.66. The fourth-order valence-electron chi connectivity index (χ4n) is 1.98. The van der Waals surface area contributed by atoms with Crippen molar-refractivity contribution >= 4 is 0 Å². The van der Waals surface area contributed by atoms with Crippen molar-refractivity contribution in [3.05, 3.63) is 71.3 Å². The molecule has 0 aliphatic heterocycles. The highest BCUT2D eigenvalue weighted by molar-refractivity contribution is 5.27. The predicted molar refractivity (Wildman–Crippen MR) is 74.2 cm³/mol. The Kier molecular flexibility index (Phi) is 4.13. The predicted octanol–water partition coefficient (Wildman–Crippen LogP) is 2.98. The molecule has 18 heavy (non-hydrogen) atoms. The first-order valence-corrected chi connectivity index (χ1v) is 6.24. The van der Waals surface area contributed by atoms with Gasteiger partial charge in [-0.15, -0.1) is 0 Å². The summed E-state index contributed by atoms with van der Waals surface area (Å²) in [6, 6.07) is 17.9. The first-order valence-electron chi connectivity index (χ1n) is 6.24. The number of benzene rings is 2. The van der Waals surface area contributed by atoms with E-state index >= 15 is 0 Å². The Morgan fingerprint density at radius 1 is 0.944 bits per heavy atom. The molecule has 2 rings (SSSR count). The van der Waals surface area contributed by atoms with Crippen LogP contribution in [0.5, 0.6) is 0 Å². The summed E-state index contributed by atoms with van der Waals surface area (Å²) in [4.78, 5) is 0. The van der Waals surface area contributed by atoms with E-state index in [1.54, 1.807) is 0 Å². The minimum Gasteiger partial charge on any atom is -0.388 e. The van der Waals surface area contributed by atoms with Gasteiger partial charge in [0.1, 0.15) is 0 Å². The Bertz CT molecular complexity index is 476. The lowest BCUT2D eigenvalue weighted by Crippen LogP contribution is -2.06. The quantitative estimate of drug-likeness (QED) is 0.864. The zero-order chi connectivity index (χ0) is 13.0. The molecule has 0 saturated carbocycles. The lowest BCUT2D eigenvalue weighted by molar-refractivity contribution is 0.178. The van der Waals surface area contributed by atoms with Crippen molar-refractivity contribution in [3.63, 3.8) is 0 Å². The Hall–Kier alpha value is -1.64. The van der Waals surface area contributed by atoms with E-state index < -0.39 is 6.10 Å². The Morgan fingerprint density at radius 3 is 2.06 bits per heavy atom. The van der Waals surface area contributed by atoms with Crippen LogP contribution in [0.15, 0.2) is 54.6 Å². The normalized spacial score (nSPS) is 14.2. The molecule has 0 aromatic heterocycles. The summed E-state index contributed by atoms with van der Waals surface area (Å²) in [7, 11) is 0. The second kappa shape index (κ2) is 5.80. The Morgan fingerprint density at radius 2 is 1.50 bits per heavy atom. The van der Waals surface area contributed by atoms with E-state index in [0.717, 1.165) is 16.7 Å². The molecule has 0 amide bonds. The Labute approximate surface area is 108 Å². The van der Waals surface area contributed by atoms with E-state index in [1.807, 2.05) is 61.5 Å². The van der Waals surface area contributed by atoms with Gasteiger partial charge in [-0.3, -0.25) is 0 Å². The lowest BCUT2D eigenvalue weighted by atomic mass is 9.99. The summed E-state index contributed by atoms with van der Waals surface area (Å²) in [5, 5.41) is 10.2. The molecule has 0 radical (unpaired) electrons. The van der Waals surface area contributed by atoms with E-state index in [0.29, 0.717) is 6.42 Å². The largest absolute Gasteiger partial charge is 0.388 e. The van der Waals surface area contributed by atoms with Crippen molar-refractivity contribution in [1.29, 1.82) is 0 Å². The number of nitrogens with two attached hydrogens (primary N) is 1. The van der Waals surface area contributed by atoms with Crippen molar-refractivity contribution in [3.8, 4) is 0 Å². The molecule has 0 saturated heterocycles. The van der Waals surface area contributed by atoms with Crippen LogP contribution >= 0.6 is 0 Å². The van der Waals surface area contributed by atoms with Crippen molar-refractivity contribution in [2.75, 3.05) is 0 Å². The van der Waals surface area contributed by atoms with Crippen molar-refractivity contribution in [2.45, 2.75) is 25.5 Å². The van der Waals surface area contributed by atoms with Crippen LogP contribution in [-0.4, -0.2) is 5.11 Å². The van der Waals surface area contributed by atoms with Gasteiger partial charge in [0.2, 0.25) is 0 Å². The molecule has 2 aromatic carbocycles. The summed E-state index contributed by atoms with van der Waals surface area (Å²) in [5.74, 6) is 0. The van der Waals surface area contributed by atoms with Gasteiger partial charge in [0, 0.05) is 12.5 Å². The Balaban J connectivity index is 2.07. The van der Waals surface area contributed by atoms with Gasteiger partial charge < -0.3 is 10.8 Å². The van der Waals surface area contributed by atoms with Gasteiger partial charge in [-0.25, -0.2) is 0 Å². The fourth-order valence-corrected chi connectivity index (χ4v) is 1.98. The molecular formula is C16H19NO. The molecule has 0 fully saturated rings. The molecule has 2 heteroatoms. The maximum absolute atomic E-state index is 10.2. The minimum atomic E-state index is -0.463. The maximum Gasteiger partial charge on any atom is 0.0830 e. The third kappa shape index (κ3) is 3.19. The van der Waals surface area contributed by atoms with E-state index in [9.17, 15) is 5.11 Å². The summed E-state index contributed by atoms with van der Waals surface area (Å²) in [6.07, 6.45) is 0.174. The third-order valence-electron chi connectivity index (χ3n) is 3.12. The topological polar surface area (TPSA) is 46.2 Å². The molecule has 2 nitrogen and oxygen atoms in total. The molecule has 0 heterocycles. The molecule has 0 bridgehead atoms. The average Bonchev–Trinajstić information content (AvgIpc) is 2.40. The molecule has 0 aliphatic carbocycles. The summed E-state index contributed by atoms with van der Waals surface area (Å²) < 4.78 is 0. The van der Waals surface area contributed by atoms with Gasteiger partial charge in [0.15, 0.2) is 0 Å². The smallest absolute Gasteiger partial charge is 0.0830 e. The molecule has 0 aliphatic rings. The van der Waals surface area contributed by atoms with Crippen LogP contribution in [0.3, 0.4) is 0 Å². The molecular weight excluding hydrogens is 222 g/mol. The number of hydrogen-bond donors (Lipinski definition) is 2. The second-order valence-corrected chi connectivity index (χ2v) is 4.66. The average molecular weight is 241 g/mol. The maximum atomic E-state index is 10.2. The van der Waals surface area contributed by atoms with Crippen molar-refractivity contribution in [1.82, 2.24) is 0 Å². The third-order valence-corrected chi connectivity index (χ3v) is 3.12. The van der Waals surface area contributed by atoms with Crippen LogP contribution in [-0.2, 0) is 6.42 Å². The van der Waals surface area contributed by atoms with E-state index in [2.05, 4.69) is 0 Å². The van der Waals surface area contributed by atoms with Gasteiger partial charge in [-0.1, -0.05) is 54.6 Å². The molecule has 3 N–H and O–H groups in total. The van der Waals surface area contributed by atoms with Gasteiger partial charge in [0.05, 0.1) is 6.10 Å². The number of rotatable bonds is 4. The monoisotopic (exact) mass is 241 g/mol. The highest BCUT2D eigenvalue weighted by Gasteiger charge is 2.08. The number of aliphatic hydroxyl groups excluding tert-OH is 1. The first kappa shape index (κ1) is 12.8. The summed E-state index contributed by atoms with van der Waals surface area (Å²) in [6.45, 7) is 1.95. The van der Waals surface area contributed by atoms with Gasteiger partial charge in [-0.2, -0.15) is 0 Å². The van der Waals surface area contributed by atoms with E-state index in [1.165, 1.54) is 0 Å². The van der Waals surface area contributed by atoms with E-state index in [4.69, 9.17) is 5.73 Å². The number of hydrogen-bond acceptors (Lipinski definition) is 2. The van der Waals surface area contributed by atoms with Crippen LogP contribution in [0.2, 0.25) is 0 Å². The number of aliphatic hydroxyl groups is 1. The van der Waals surface area contributed by atoms with Crippen LogP contribution in [0.4, 0.5) is 0 Å². The summed E-state index contributed by atoms with van der Waals surface area (Å²) >= 11 is 0. The first-order chi connectivity index (χ1) is 8.66. The minimum absolute atomic E-state index is 0.0327. The van der Waals surface area contributed by atoms with Gasteiger partial charge >= 0.3 is 0 Å². The lowest BCUT2D eigenvalue weighted by Gasteiger charge is -2.12.